The molecule has 1 fully saturated rings. The molecule has 1 saturated carbocycles. The van der Waals surface area contributed by atoms with E-state index in [-0.39, 0.29) is 5.91 Å². The van der Waals surface area contributed by atoms with Gasteiger partial charge in [0, 0.05) is 23.3 Å². The summed E-state index contributed by atoms with van der Waals surface area (Å²) in [5.74, 6) is 1.42. The van der Waals surface area contributed by atoms with Crippen LogP contribution in [0, 0.1) is 0 Å². The molecule has 0 saturated heterocycles. The van der Waals surface area contributed by atoms with Crippen molar-refractivity contribution in [3.8, 4) is 11.5 Å². The number of hydrogen-bond donors (Lipinski definition) is 2. The largest absolute Gasteiger partial charge is 0.455 e. The van der Waals surface area contributed by atoms with Crippen molar-refractivity contribution in [1.29, 1.82) is 0 Å². The Morgan fingerprint density at radius 3 is 2.45 bits per heavy atom. The van der Waals surface area contributed by atoms with Gasteiger partial charge in [0.25, 0.3) is 0 Å². The molecule has 1 amide bonds. The number of pyridine rings is 1. The molecule has 1 heterocycles. The first-order valence-electron chi connectivity index (χ1n) is 10.5. The SMILES string of the molecule is O=C(NC1CC1)C(Nc1ccc(Oc2cccc3cccnc23)cc1)c1ccccc1. The van der Waals surface area contributed by atoms with E-state index in [2.05, 4.69) is 15.6 Å². The van der Waals surface area contributed by atoms with Crippen molar-refractivity contribution >= 4 is 22.5 Å². The highest BCUT2D eigenvalue weighted by molar-refractivity contribution is 5.86. The lowest BCUT2D eigenvalue weighted by atomic mass is 10.1. The number of carbonyl (C=O) groups is 1. The second-order valence-corrected chi connectivity index (χ2v) is 7.73. The predicted molar refractivity (Wildman–Crippen MR) is 122 cm³/mol. The van der Waals surface area contributed by atoms with Crippen LogP contribution in [0.3, 0.4) is 0 Å². The highest BCUT2D eigenvalue weighted by Gasteiger charge is 2.28. The maximum atomic E-state index is 12.8. The molecule has 1 unspecified atom stereocenters. The number of rotatable bonds is 7. The van der Waals surface area contributed by atoms with E-state index in [0.29, 0.717) is 17.5 Å². The van der Waals surface area contributed by atoms with Crippen molar-refractivity contribution in [2.24, 2.45) is 0 Å². The Hall–Kier alpha value is -3.86. The first-order valence-corrected chi connectivity index (χ1v) is 10.5. The van der Waals surface area contributed by atoms with Crippen molar-refractivity contribution in [2.45, 2.75) is 24.9 Å². The van der Waals surface area contributed by atoms with Gasteiger partial charge in [-0.25, -0.2) is 0 Å². The van der Waals surface area contributed by atoms with Crippen LogP contribution in [-0.4, -0.2) is 16.9 Å². The van der Waals surface area contributed by atoms with Crippen molar-refractivity contribution in [3.63, 3.8) is 0 Å². The van der Waals surface area contributed by atoms with Crippen molar-refractivity contribution < 1.29 is 9.53 Å². The molecule has 5 nitrogen and oxygen atoms in total. The highest BCUT2D eigenvalue weighted by atomic mass is 16.5. The molecule has 1 aliphatic carbocycles. The molecule has 0 bridgehead atoms. The minimum atomic E-state index is -0.448. The minimum absolute atomic E-state index is 0.00384. The van der Waals surface area contributed by atoms with Crippen LogP contribution in [-0.2, 0) is 4.79 Å². The minimum Gasteiger partial charge on any atom is -0.455 e. The average molecular weight is 409 g/mol. The standard InChI is InChI=1S/C26H23N3O2/c30-26(29-21-11-12-21)25(19-6-2-1-3-7-19)28-20-13-15-22(16-14-20)31-23-10-4-8-18-9-5-17-27-24(18)23/h1-10,13-17,21,25,28H,11-12H2,(H,29,30). The molecule has 1 atom stereocenters. The van der Waals surface area contributed by atoms with E-state index in [4.69, 9.17) is 4.74 Å². The van der Waals surface area contributed by atoms with Crippen LogP contribution in [0.1, 0.15) is 24.4 Å². The van der Waals surface area contributed by atoms with E-state index >= 15 is 0 Å². The maximum Gasteiger partial charge on any atom is 0.247 e. The summed E-state index contributed by atoms with van der Waals surface area (Å²) in [4.78, 5) is 17.3. The maximum absolute atomic E-state index is 12.8. The van der Waals surface area contributed by atoms with Crippen LogP contribution >= 0.6 is 0 Å². The number of fused-ring (bicyclic) bond motifs is 1. The van der Waals surface area contributed by atoms with Gasteiger partial charge in [0.2, 0.25) is 5.91 Å². The fourth-order valence-electron chi connectivity index (χ4n) is 3.53. The van der Waals surface area contributed by atoms with E-state index in [1.165, 1.54) is 0 Å². The number of nitrogens with zero attached hydrogens (tertiary/aromatic N) is 1. The Morgan fingerprint density at radius 1 is 0.903 bits per heavy atom. The predicted octanol–water partition coefficient (Wildman–Crippen LogP) is 5.46. The zero-order valence-electron chi connectivity index (χ0n) is 17.0. The van der Waals surface area contributed by atoms with Gasteiger partial charge in [0.1, 0.15) is 17.3 Å². The lowest BCUT2D eigenvalue weighted by Gasteiger charge is -2.20. The molecule has 2 N–H and O–H groups in total. The molecule has 0 spiro atoms. The molecule has 154 valence electrons. The van der Waals surface area contributed by atoms with Crippen LogP contribution < -0.4 is 15.4 Å². The molecule has 3 aromatic carbocycles. The van der Waals surface area contributed by atoms with E-state index in [9.17, 15) is 4.79 Å². The molecule has 0 radical (unpaired) electrons. The number of hydrogen-bond acceptors (Lipinski definition) is 4. The third kappa shape index (κ3) is 4.51. The first kappa shape index (κ1) is 19.1. The fourth-order valence-corrected chi connectivity index (χ4v) is 3.53. The zero-order valence-corrected chi connectivity index (χ0v) is 17.0. The van der Waals surface area contributed by atoms with Gasteiger partial charge in [0.15, 0.2) is 5.75 Å². The smallest absolute Gasteiger partial charge is 0.247 e. The van der Waals surface area contributed by atoms with Crippen LogP contribution in [0.5, 0.6) is 11.5 Å². The summed E-state index contributed by atoms with van der Waals surface area (Å²) in [5, 5.41) is 7.50. The molecule has 1 aliphatic rings. The molecule has 1 aromatic heterocycles. The summed E-state index contributed by atoms with van der Waals surface area (Å²) in [5.41, 5.74) is 2.61. The quantitative estimate of drug-likeness (QED) is 0.425. The van der Waals surface area contributed by atoms with E-state index in [0.717, 1.165) is 35.0 Å². The van der Waals surface area contributed by atoms with Crippen LogP contribution in [0.15, 0.2) is 91.1 Å². The number of para-hydroxylation sites is 1. The number of aromatic nitrogens is 1. The topological polar surface area (TPSA) is 63.2 Å². The molecular weight excluding hydrogens is 386 g/mol. The lowest BCUT2D eigenvalue weighted by molar-refractivity contribution is -0.122. The van der Waals surface area contributed by atoms with Gasteiger partial charge in [-0.2, -0.15) is 0 Å². The van der Waals surface area contributed by atoms with Gasteiger partial charge < -0.3 is 15.4 Å². The molecule has 5 rings (SSSR count). The number of amides is 1. The Labute approximate surface area is 181 Å². The summed E-state index contributed by atoms with van der Waals surface area (Å²) in [6, 6.07) is 27.1. The Bertz CT molecular complexity index is 1180. The fraction of sp³-hybridized carbons (Fsp3) is 0.154. The van der Waals surface area contributed by atoms with Crippen molar-refractivity contribution in [1.82, 2.24) is 10.3 Å². The van der Waals surface area contributed by atoms with Gasteiger partial charge >= 0.3 is 0 Å². The summed E-state index contributed by atoms with van der Waals surface area (Å²) < 4.78 is 6.08. The number of carbonyl (C=O) groups excluding carboxylic acids is 1. The molecular formula is C26H23N3O2. The summed E-state index contributed by atoms with van der Waals surface area (Å²) >= 11 is 0. The van der Waals surface area contributed by atoms with E-state index in [1.807, 2.05) is 84.9 Å². The summed E-state index contributed by atoms with van der Waals surface area (Å²) in [7, 11) is 0. The number of anilines is 1. The molecule has 5 heteroatoms. The summed E-state index contributed by atoms with van der Waals surface area (Å²) in [6.45, 7) is 0. The summed E-state index contributed by atoms with van der Waals surface area (Å²) in [6.07, 6.45) is 3.88. The molecule has 4 aromatic rings. The highest BCUT2D eigenvalue weighted by Crippen LogP contribution is 2.30. The van der Waals surface area contributed by atoms with Gasteiger partial charge in [0.05, 0.1) is 0 Å². The third-order valence-electron chi connectivity index (χ3n) is 5.31. The van der Waals surface area contributed by atoms with Crippen molar-refractivity contribution in [3.05, 3.63) is 96.7 Å². The number of benzene rings is 3. The second kappa shape index (κ2) is 8.48. The Kier molecular flexibility index (Phi) is 5.23. The van der Waals surface area contributed by atoms with Gasteiger partial charge in [-0.05, 0) is 54.8 Å². The normalized spacial score (nSPS) is 14.1. The Balaban J connectivity index is 1.34. The van der Waals surface area contributed by atoms with Crippen molar-refractivity contribution in [2.75, 3.05) is 5.32 Å². The Morgan fingerprint density at radius 2 is 1.68 bits per heavy atom. The molecule has 31 heavy (non-hydrogen) atoms. The zero-order chi connectivity index (χ0) is 21.0. The lowest BCUT2D eigenvalue weighted by Crippen LogP contribution is -2.34. The third-order valence-corrected chi connectivity index (χ3v) is 5.31. The van der Waals surface area contributed by atoms with Gasteiger partial charge in [-0.3, -0.25) is 9.78 Å². The first-order chi connectivity index (χ1) is 15.3. The number of ether oxygens (including phenoxy) is 1. The van der Waals surface area contributed by atoms with Crippen LogP contribution in [0.25, 0.3) is 10.9 Å². The van der Waals surface area contributed by atoms with Gasteiger partial charge in [-0.1, -0.05) is 48.5 Å². The monoisotopic (exact) mass is 409 g/mol. The average Bonchev–Trinajstić information content (AvgIpc) is 3.63. The van der Waals surface area contributed by atoms with Crippen LogP contribution in [0.4, 0.5) is 5.69 Å². The van der Waals surface area contributed by atoms with Crippen LogP contribution in [0.2, 0.25) is 0 Å². The number of nitrogens with one attached hydrogen (secondary N) is 2. The molecule has 0 aliphatic heterocycles. The van der Waals surface area contributed by atoms with E-state index < -0.39 is 6.04 Å². The van der Waals surface area contributed by atoms with E-state index in [1.54, 1.807) is 6.20 Å². The van der Waals surface area contributed by atoms with Gasteiger partial charge in [-0.15, -0.1) is 0 Å². The second-order valence-electron chi connectivity index (χ2n) is 7.73.